The number of hydrogen-bond donors (Lipinski definition) is 2. The predicted molar refractivity (Wildman–Crippen MR) is 56.3 cm³/mol. The molecule has 0 saturated carbocycles. The number of rotatable bonds is 4. The molecule has 1 aliphatic rings. The van der Waals surface area contributed by atoms with Gasteiger partial charge in [0.25, 0.3) is 0 Å². The smallest absolute Gasteiger partial charge is 0.224 e. The van der Waals surface area contributed by atoms with Gasteiger partial charge in [0.15, 0.2) is 0 Å². The van der Waals surface area contributed by atoms with Gasteiger partial charge in [-0.3, -0.25) is 4.79 Å². The van der Waals surface area contributed by atoms with Crippen LogP contribution in [0.5, 0.6) is 0 Å². The van der Waals surface area contributed by atoms with Gasteiger partial charge in [-0.15, -0.1) is 0 Å². The van der Waals surface area contributed by atoms with Crippen molar-refractivity contribution in [1.82, 2.24) is 4.90 Å². The summed E-state index contributed by atoms with van der Waals surface area (Å²) in [5.74, 6) is 0.0201. The van der Waals surface area contributed by atoms with Crippen molar-refractivity contribution in [2.24, 2.45) is 5.73 Å². The quantitative estimate of drug-likeness (QED) is 0.653. The van der Waals surface area contributed by atoms with Crippen molar-refractivity contribution in [3.05, 3.63) is 0 Å². The monoisotopic (exact) mass is 216 g/mol. The lowest BCUT2D eigenvalue weighted by atomic mass is 10.1. The van der Waals surface area contributed by atoms with E-state index in [0.717, 1.165) is 6.42 Å². The molecule has 1 fully saturated rings. The standard InChI is InChI=1S/C10H20N2O3/c1-2-8(11)5-10(14)12-3-4-15-7-9(12)6-13/h8-9,13H,2-7,11H2,1H3. The van der Waals surface area contributed by atoms with Crippen LogP contribution in [-0.2, 0) is 9.53 Å². The summed E-state index contributed by atoms with van der Waals surface area (Å²) < 4.78 is 5.20. The van der Waals surface area contributed by atoms with E-state index in [0.29, 0.717) is 26.2 Å². The molecule has 2 unspecified atom stereocenters. The first-order valence-corrected chi connectivity index (χ1v) is 5.42. The number of amides is 1. The van der Waals surface area contributed by atoms with Crippen molar-refractivity contribution in [1.29, 1.82) is 0 Å². The molecule has 0 aromatic rings. The number of hydrogen-bond acceptors (Lipinski definition) is 4. The van der Waals surface area contributed by atoms with Gasteiger partial charge in [-0.1, -0.05) is 6.92 Å². The van der Waals surface area contributed by atoms with E-state index in [2.05, 4.69) is 0 Å². The van der Waals surface area contributed by atoms with Crippen LogP contribution in [0.15, 0.2) is 0 Å². The molecule has 2 atom stereocenters. The highest BCUT2D eigenvalue weighted by atomic mass is 16.5. The Morgan fingerprint density at radius 1 is 1.73 bits per heavy atom. The number of carbonyl (C=O) groups excluding carboxylic acids is 1. The van der Waals surface area contributed by atoms with E-state index in [1.807, 2.05) is 6.92 Å². The summed E-state index contributed by atoms with van der Waals surface area (Å²) >= 11 is 0. The van der Waals surface area contributed by atoms with Gasteiger partial charge in [0, 0.05) is 19.0 Å². The Labute approximate surface area is 90.2 Å². The normalized spacial score (nSPS) is 23.9. The predicted octanol–water partition coefficient (Wildman–Crippen LogP) is -0.666. The number of nitrogens with zero attached hydrogens (tertiary/aromatic N) is 1. The largest absolute Gasteiger partial charge is 0.394 e. The van der Waals surface area contributed by atoms with Gasteiger partial charge in [0.05, 0.1) is 25.9 Å². The average molecular weight is 216 g/mol. The van der Waals surface area contributed by atoms with E-state index in [-0.39, 0.29) is 24.6 Å². The molecule has 1 aliphatic heterocycles. The van der Waals surface area contributed by atoms with Crippen molar-refractivity contribution in [3.8, 4) is 0 Å². The van der Waals surface area contributed by atoms with E-state index >= 15 is 0 Å². The Kier molecular flexibility index (Phi) is 5.01. The van der Waals surface area contributed by atoms with Crippen molar-refractivity contribution in [2.75, 3.05) is 26.4 Å². The van der Waals surface area contributed by atoms with E-state index in [4.69, 9.17) is 15.6 Å². The highest BCUT2D eigenvalue weighted by Crippen LogP contribution is 2.09. The van der Waals surface area contributed by atoms with E-state index in [1.165, 1.54) is 0 Å². The number of morpholine rings is 1. The van der Waals surface area contributed by atoms with Crippen LogP contribution in [0.3, 0.4) is 0 Å². The van der Waals surface area contributed by atoms with Crippen LogP contribution in [0.2, 0.25) is 0 Å². The molecule has 3 N–H and O–H groups in total. The van der Waals surface area contributed by atoms with Crippen molar-refractivity contribution in [3.63, 3.8) is 0 Å². The second-order valence-electron chi connectivity index (χ2n) is 3.87. The summed E-state index contributed by atoms with van der Waals surface area (Å²) in [6, 6.07) is -0.282. The maximum absolute atomic E-state index is 11.8. The fourth-order valence-electron chi connectivity index (χ4n) is 1.62. The lowest BCUT2D eigenvalue weighted by Crippen LogP contribution is -2.51. The van der Waals surface area contributed by atoms with Gasteiger partial charge in [0.1, 0.15) is 0 Å². The van der Waals surface area contributed by atoms with Crippen LogP contribution < -0.4 is 5.73 Å². The van der Waals surface area contributed by atoms with Gasteiger partial charge in [-0.05, 0) is 6.42 Å². The number of nitrogens with two attached hydrogens (primary N) is 1. The van der Waals surface area contributed by atoms with Crippen molar-refractivity contribution >= 4 is 5.91 Å². The van der Waals surface area contributed by atoms with Crippen LogP contribution in [0.1, 0.15) is 19.8 Å². The molecule has 1 saturated heterocycles. The molecule has 1 rings (SSSR count). The third kappa shape index (κ3) is 3.44. The molecule has 0 aromatic heterocycles. The first-order chi connectivity index (χ1) is 7.19. The number of ether oxygens (including phenoxy) is 1. The summed E-state index contributed by atoms with van der Waals surface area (Å²) in [4.78, 5) is 13.5. The van der Waals surface area contributed by atoms with Gasteiger partial charge < -0.3 is 20.5 Å². The molecule has 15 heavy (non-hydrogen) atoms. The van der Waals surface area contributed by atoms with Gasteiger partial charge in [-0.25, -0.2) is 0 Å². The second-order valence-corrected chi connectivity index (χ2v) is 3.87. The Morgan fingerprint density at radius 2 is 2.47 bits per heavy atom. The minimum atomic E-state index is -0.199. The lowest BCUT2D eigenvalue weighted by Gasteiger charge is -2.35. The number of aliphatic hydroxyl groups is 1. The zero-order chi connectivity index (χ0) is 11.3. The van der Waals surface area contributed by atoms with Crippen LogP contribution >= 0.6 is 0 Å². The molecule has 0 bridgehead atoms. The Bertz CT molecular complexity index is 211. The van der Waals surface area contributed by atoms with Gasteiger partial charge >= 0.3 is 0 Å². The van der Waals surface area contributed by atoms with Crippen molar-refractivity contribution in [2.45, 2.75) is 31.8 Å². The summed E-state index contributed by atoms with van der Waals surface area (Å²) in [5.41, 5.74) is 5.73. The van der Waals surface area contributed by atoms with Gasteiger partial charge in [-0.2, -0.15) is 0 Å². The molecule has 0 aliphatic carbocycles. The minimum Gasteiger partial charge on any atom is -0.394 e. The molecule has 1 heterocycles. The van der Waals surface area contributed by atoms with E-state index in [1.54, 1.807) is 4.90 Å². The summed E-state index contributed by atoms with van der Waals surface area (Å²) in [6.45, 7) is 3.43. The first kappa shape index (κ1) is 12.4. The molecule has 0 spiro atoms. The van der Waals surface area contributed by atoms with Crippen molar-refractivity contribution < 1.29 is 14.6 Å². The lowest BCUT2D eigenvalue weighted by molar-refractivity contribution is -0.142. The molecule has 0 aromatic carbocycles. The highest BCUT2D eigenvalue weighted by molar-refractivity contribution is 5.77. The molecular weight excluding hydrogens is 196 g/mol. The average Bonchev–Trinajstić information content (AvgIpc) is 2.28. The summed E-state index contributed by atoms with van der Waals surface area (Å²) in [5, 5.41) is 9.10. The van der Waals surface area contributed by atoms with Crippen LogP contribution in [0.4, 0.5) is 0 Å². The van der Waals surface area contributed by atoms with Crippen LogP contribution in [0.25, 0.3) is 0 Å². The Hall–Kier alpha value is -0.650. The Morgan fingerprint density at radius 3 is 3.07 bits per heavy atom. The molecule has 5 heteroatoms. The van der Waals surface area contributed by atoms with Crippen LogP contribution in [0, 0.1) is 0 Å². The molecule has 5 nitrogen and oxygen atoms in total. The Balaban J connectivity index is 2.48. The SMILES string of the molecule is CCC(N)CC(=O)N1CCOCC1CO. The molecule has 0 radical (unpaired) electrons. The first-order valence-electron chi connectivity index (χ1n) is 5.42. The number of carbonyl (C=O) groups is 1. The maximum atomic E-state index is 11.8. The fourth-order valence-corrected chi connectivity index (χ4v) is 1.62. The highest BCUT2D eigenvalue weighted by Gasteiger charge is 2.27. The third-order valence-corrected chi connectivity index (χ3v) is 2.72. The zero-order valence-corrected chi connectivity index (χ0v) is 9.19. The molecule has 88 valence electrons. The maximum Gasteiger partial charge on any atom is 0.224 e. The van der Waals surface area contributed by atoms with E-state index in [9.17, 15) is 4.79 Å². The zero-order valence-electron chi connectivity index (χ0n) is 9.19. The molecular formula is C10H20N2O3. The third-order valence-electron chi connectivity index (χ3n) is 2.72. The minimum absolute atomic E-state index is 0.0201. The van der Waals surface area contributed by atoms with Crippen LogP contribution in [-0.4, -0.2) is 54.4 Å². The summed E-state index contributed by atoms with van der Waals surface area (Å²) in [6.07, 6.45) is 1.15. The second kappa shape index (κ2) is 6.05. The van der Waals surface area contributed by atoms with Gasteiger partial charge in [0.2, 0.25) is 5.91 Å². The molecule has 1 amide bonds. The summed E-state index contributed by atoms with van der Waals surface area (Å²) in [7, 11) is 0. The van der Waals surface area contributed by atoms with E-state index < -0.39 is 0 Å². The number of aliphatic hydroxyl groups excluding tert-OH is 1. The fraction of sp³-hybridized carbons (Fsp3) is 0.900. The topological polar surface area (TPSA) is 75.8 Å².